The Morgan fingerprint density at radius 1 is 1.04 bits per heavy atom. The number of hydrogen-bond acceptors (Lipinski definition) is 2. The molecule has 1 amide bonds. The number of amides is 1. The van der Waals surface area contributed by atoms with Crippen molar-refractivity contribution in [3.05, 3.63) is 48.2 Å². The molecule has 4 rings (SSSR count). The number of piperidine rings is 1. The normalized spacial score (nSPS) is 22.0. The minimum atomic E-state index is 0.158. The lowest BCUT2D eigenvalue weighted by Gasteiger charge is -2.49. The van der Waals surface area contributed by atoms with Crippen LogP contribution in [0.15, 0.2) is 42.5 Å². The molecule has 2 aliphatic rings. The lowest BCUT2D eigenvalue weighted by atomic mass is 9.97. The van der Waals surface area contributed by atoms with E-state index in [1.54, 1.807) is 0 Å². The molecule has 0 unspecified atom stereocenters. The van der Waals surface area contributed by atoms with Crippen molar-refractivity contribution in [2.24, 2.45) is 7.05 Å². The van der Waals surface area contributed by atoms with Crippen molar-refractivity contribution in [1.29, 1.82) is 0 Å². The van der Waals surface area contributed by atoms with Crippen molar-refractivity contribution in [2.75, 3.05) is 19.6 Å². The standard InChI is InChI=1S/C21H27N3O/c1-16-8-6-7-13-24(16)18-14-23(15-18)21(25)20-12-11-19(22(20)2)17-9-4-3-5-10-17/h3-5,9-12,16,18H,6-8,13-15H2,1-2H3/t16-/m0/s1. The molecule has 0 bridgehead atoms. The summed E-state index contributed by atoms with van der Waals surface area (Å²) in [5, 5.41) is 0. The number of carbonyl (C=O) groups excluding carboxylic acids is 1. The smallest absolute Gasteiger partial charge is 0.270 e. The number of likely N-dealkylation sites (tertiary alicyclic amines) is 2. The third kappa shape index (κ3) is 2.99. The first-order valence-corrected chi connectivity index (χ1v) is 9.41. The predicted molar refractivity (Wildman–Crippen MR) is 101 cm³/mol. The molecule has 0 spiro atoms. The highest BCUT2D eigenvalue weighted by atomic mass is 16.2. The van der Waals surface area contributed by atoms with E-state index in [-0.39, 0.29) is 5.91 Å². The Hall–Kier alpha value is -2.07. The Labute approximate surface area is 150 Å². The van der Waals surface area contributed by atoms with Gasteiger partial charge in [0.25, 0.3) is 5.91 Å². The third-order valence-corrected chi connectivity index (χ3v) is 5.88. The summed E-state index contributed by atoms with van der Waals surface area (Å²) < 4.78 is 2.02. The predicted octanol–water partition coefficient (Wildman–Crippen LogP) is 3.39. The van der Waals surface area contributed by atoms with Crippen molar-refractivity contribution in [3.8, 4) is 11.3 Å². The van der Waals surface area contributed by atoms with Crippen molar-refractivity contribution >= 4 is 5.91 Å². The van der Waals surface area contributed by atoms with Crippen LogP contribution in [0, 0.1) is 0 Å². The van der Waals surface area contributed by atoms with Crippen molar-refractivity contribution in [1.82, 2.24) is 14.4 Å². The second-order valence-corrected chi connectivity index (χ2v) is 7.48. The van der Waals surface area contributed by atoms with Gasteiger partial charge >= 0.3 is 0 Å². The summed E-state index contributed by atoms with van der Waals surface area (Å²) in [6.45, 7) is 5.26. The van der Waals surface area contributed by atoms with Crippen LogP contribution < -0.4 is 0 Å². The first-order chi connectivity index (χ1) is 12.1. The zero-order chi connectivity index (χ0) is 17.4. The number of carbonyl (C=O) groups is 1. The van der Waals surface area contributed by atoms with Gasteiger partial charge in [-0.05, 0) is 44.0 Å². The summed E-state index contributed by atoms with van der Waals surface area (Å²) in [4.78, 5) is 17.5. The van der Waals surface area contributed by atoms with Gasteiger partial charge in [-0.25, -0.2) is 0 Å². The van der Waals surface area contributed by atoms with Crippen LogP contribution >= 0.6 is 0 Å². The van der Waals surface area contributed by atoms with E-state index in [4.69, 9.17) is 0 Å². The maximum Gasteiger partial charge on any atom is 0.270 e. The maximum atomic E-state index is 12.9. The van der Waals surface area contributed by atoms with Crippen LogP contribution in [0.25, 0.3) is 11.3 Å². The Morgan fingerprint density at radius 3 is 2.52 bits per heavy atom. The molecule has 4 heteroatoms. The highest BCUT2D eigenvalue weighted by Gasteiger charge is 2.38. The van der Waals surface area contributed by atoms with E-state index in [1.165, 1.54) is 25.8 Å². The van der Waals surface area contributed by atoms with E-state index in [0.717, 1.165) is 30.0 Å². The van der Waals surface area contributed by atoms with E-state index in [1.807, 2.05) is 46.8 Å². The molecule has 2 fully saturated rings. The summed E-state index contributed by atoms with van der Waals surface area (Å²) in [6, 6.07) is 15.5. The van der Waals surface area contributed by atoms with E-state index in [2.05, 4.69) is 24.0 Å². The lowest BCUT2D eigenvalue weighted by Crippen LogP contribution is -2.63. The second-order valence-electron chi connectivity index (χ2n) is 7.48. The molecule has 0 aliphatic carbocycles. The number of rotatable bonds is 3. The molecule has 1 aromatic carbocycles. The van der Waals surface area contributed by atoms with Gasteiger partial charge in [0, 0.05) is 37.9 Å². The zero-order valence-corrected chi connectivity index (χ0v) is 15.2. The molecular formula is C21H27N3O. The van der Waals surface area contributed by atoms with Gasteiger partial charge in [0.05, 0.1) is 0 Å². The summed E-state index contributed by atoms with van der Waals surface area (Å²) in [5.74, 6) is 0.158. The first kappa shape index (κ1) is 16.4. The summed E-state index contributed by atoms with van der Waals surface area (Å²) in [6.07, 6.45) is 3.94. The molecule has 4 nitrogen and oxygen atoms in total. The van der Waals surface area contributed by atoms with E-state index in [9.17, 15) is 4.79 Å². The molecular weight excluding hydrogens is 310 g/mol. The van der Waals surface area contributed by atoms with Gasteiger partial charge in [0.1, 0.15) is 5.69 Å². The molecule has 2 aromatic rings. The van der Waals surface area contributed by atoms with Crippen LogP contribution in [0.4, 0.5) is 0 Å². The van der Waals surface area contributed by atoms with Crippen LogP contribution in [-0.4, -0.2) is 52.0 Å². The third-order valence-electron chi connectivity index (χ3n) is 5.88. The van der Waals surface area contributed by atoms with Gasteiger partial charge in [-0.2, -0.15) is 0 Å². The molecule has 132 valence electrons. The SMILES string of the molecule is C[C@H]1CCCCN1C1CN(C(=O)c2ccc(-c3ccccc3)n2C)C1. The Balaban J connectivity index is 1.44. The maximum absolute atomic E-state index is 12.9. The van der Waals surface area contributed by atoms with Crippen molar-refractivity contribution in [3.63, 3.8) is 0 Å². The number of aromatic nitrogens is 1. The van der Waals surface area contributed by atoms with Crippen LogP contribution in [-0.2, 0) is 7.05 Å². The van der Waals surface area contributed by atoms with Crippen LogP contribution in [0.3, 0.4) is 0 Å². The fourth-order valence-corrected chi connectivity index (χ4v) is 4.28. The second kappa shape index (κ2) is 6.68. The molecule has 2 saturated heterocycles. The van der Waals surface area contributed by atoms with Crippen LogP contribution in [0.1, 0.15) is 36.7 Å². The fourth-order valence-electron chi connectivity index (χ4n) is 4.28. The molecule has 0 radical (unpaired) electrons. The van der Waals surface area contributed by atoms with E-state index >= 15 is 0 Å². The number of hydrogen-bond donors (Lipinski definition) is 0. The summed E-state index contributed by atoms with van der Waals surface area (Å²) >= 11 is 0. The lowest BCUT2D eigenvalue weighted by molar-refractivity contribution is 0.00163. The van der Waals surface area contributed by atoms with Gasteiger partial charge in [0.2, 0.25) is 0 Å². The fraction of sp³-hybridized carbons (Fsp3) is 0.476. The Kier molecular flexibility index (Phi) is 4.38. The van der Waals surface area contributed by atoms with Gasteiger partial charge in [-0.15, -0.1) is 0 Å². The zero-order valence-electron chi connectivity index (χ0n) is 15.2. The van der Waals surface area contributed by atoms with Crippen LogP contribution in [0.5, 0.6) is 0 Å². The number of benzene rings is 1. The molecule has 2 aliphatic heterocycles. The van der Waals surface area contributed by atoms with Crippen molar-refractivity contribution < 1.29 is 4.79 Å². The number of nitrogens with zero attached hydrogens (tertiary/aromatic N) is 3. The average molecular weight is 337 g/mol. The largest absolute Gasteiger partial charge is 0.340 e. The highest BCUT2D eigenvalue weighted by Crippen LogP contribution is 2.27. The Morgan fingerprint density at radius 2 is 1.80 bits per heavy atom. The van der Waals surface area contributed by atoms with Crippen LogP contribution in [0.2, 0.25) is 0 Å². The molecule has 1 aromatic heterocycles. The monoisotopic (exact) mass is 337 g/mol. The minimum Gasteiger partial charge on any atom is -0.340 e. The Bertz CT molecular complexity index is 746. The first-order valence-electron chi connectivity index (χ1n) is 9.41. The van der Waals surface area contributed by atoms with Gasteiger partial charge < -0.3 is 9.47 Å². The molecule has 0 N–H and O–H groups in total. The molecule has 0 saturated carbocycles. The quantitative estimate of drug-likeness (QED) is 0.859. The highest BCUT2D eigenvalue weighted by molar-refractivity contribution is 5.94. The van der Waals surface area contributed by atoms with E-state index in [0.29, 0.717) is 12.1 Å². The molecule has 3 heterocycles. The van der Waals surface area contributed by atoms with Gasteiger partial charge in [-0.1, -0.05) is 36.8 Å². The molecule has 1 atom stereocenters. The van der Waals surface area contributed by atoms with E-state index < -0.39 is 0 Å². The summed E-state index contributed by atoms with van der Waals surface area (Å²) in [5.41, 5.74) is 3.02. The minimum absolute atomic E-state index is 0.158. The topological polar surface area (TPSA) is 28.5 Å². The van der Waals surface area contributed by atoms with Crippen molar-refractivity contribution in [2.45, 2.75) is 38.3 Å². The van der Waals surface area contributed by atoms with Gasteiger partial charge in [0.15, 0.2) is 0 Å². The molecule has 25 heavy (non-hydrogen) atoms. The average Bonchev–Trinajstić information content (AvgIpc) is 2.97. The summed E-state index contributed by atoms with van der Waals surface area (Å²) in [7, 11) is 1.99. The van der Waals surface area contributed by atoms with Gasteiger partial charge in [-0.3, -0.25) is 9.69 Å².